The first kappa shape index (κ1) is 12.2. The molecule has 4 nitrogen and oxygen atoms in total. The number of carbonyl (C=O) groups excluding carboxylic acids is 1. The lowest BCUT2D eigenvalue weighted by atomic mass is 10.0. The smallest absolute Gasteiger partial charge is 0.225 e. The molecule has 17 heavy (non-hydrogen) atoms. The van der Waals surface area contributed by atoms with Gasteiger partial charge in [-0.3, -0.25) is 4.79 Å². The molecule has 1 heterocycles. The molecule has 0 saturated carbocycles. The van der Waals surface area contributed by atoms with Gasteiger partial charge in [0.05, 0.1) is 13.0 Å². The second kappa shape index (κ2) is 5.38. The largest absolute Gasteiger partial charge is 0.496 e. The van der Waals surface area contributed by atoms with Gasteiger partial charge in [0.15, 0.2) is 0 Å². The Morgan fingerprint density at radius 3 is 2.94 bits per heavy atom. The number of hydrogen-bond acceptors (Lipinski definition) is 3. The van der Waals surface area contributed by atoms with E-state index in [0.29, 0.717) is 11.6 Å². The summed E-state index contributed by atoms with van der Waals surface area (Å²) in [7, 11) is 1.60. The Kier molecular flexibility index (Phi) is 3.86. The highest BCUT2D eigenvalue weighted by atomic mass is 35.5. The van der Waals surface area contributed by atoms with E-state index in [-0.39, 0.29) is 11.8 Å². The van der Waals surface area contributed by atoms with E-state index in [0.717, 1.165) is 24.4 Å². The monoisotopic (exact) mass is 254 g/mol. The van der Waals surface area contributed by atoms with Crippen LogP contribution in [0.4, 0.5) is 0 Å². The van der Waals surface area contributed by atoms with E-state index in [2.05, 4.69) is 10.6 Å². The number of ether oxygens (including phenoxy) is 1. The highest BCUT2D eigenvalue weighted by molar-refractivity contribution is 6.30. The molecule has 0 atom stereocenters. The molecular weight excluding hydrogens is 240 g/mol. The van der Waals surface area contributed by atoms with Crippen molar-refractivity contribution in [3.8, 4) is 5.75 Å². The molecule has 1 aliphatic rings. The van der Waals surface area contributed by atoms with Crippen molar-refractivity contribution in [3.05, 3.63) is 28.8 Å². The van der Waals surface area contributed by atoms with E-state index in [9.17, 15) is 4.79 Å². The van der Waals surface area contributed by atoms with Crippen LogP contribution in [-0.4, -0.2) is 26.1 Å². The van der Waals surface area contributed by atoms with E-state index < -0.39 is 0 Å². The lowest BCUT2D eigenvalue weighted by Gasteiger charge is -2.25. The molecule has 0 spiro atoms. The van der Waals surface area contributed by atoms with Crippen molar-refractivity contribution >= 4 is 17.5 Å². The lowest BCUT2D eigenvalue weighted by molar-refractivity contribution is -0.126. The Labute approximate surface area is 105 Å². The molecule has 1 aromatic rings. The lowest BCUT2D eigenvalue weighted by Crippen LogP contribution is -2.50. The van der Waals surface area contributed by atoms with Crippen LogP contribution in [-0.2, 0) is 11.3 Å². The van der Waals surface area contributed by atoms with Gasteiger partial charge in [0, 0.05) is 30.2 Å². The molecule has 0 aromatic heterocycles. The van der Waals surface area contributed by atoms with Gasteiger partial charge in [-0.1, -0.05) is 11.6 Å². The first-order valence-electron chi connectivity index (χ1n) is 5.51. The summed E-state index contributed by atoms with van der Waals surface area (Å²) in [5.74, 6) is 0.910. The van der Waals surface area contributed by atoms with Crippen LogP contribution in [0.25, 0.3) is 0 Å². The van der Waals surface area contributed by atoms with Crippen molar-refractivity contribution in [2.75, 3.05) is 20.2 Å². The zero-order valence-electron chi connectivity index (χ0n) is 9.63. The predicted octanol–water partition coefficient (Wildman–Crippen LogP) is 1.18. The van der Waals surface area contributed by atoms with Gasteiger partial charge in [-0.25, -0.2) is 0 Å². The van der Waals surface area contributed by atoms with E-state index in [1.807, 2.05) is 0 Å². The maximum absolute atomic E-state index is 11.7. The Morgan fingerprint density at radius 1 is 1.59 bits per heavy atom. The van der Waals surface area contributed by atoms with Crippen LogP contribution >= 0.6 is 11.6 Å². The van der Waals surface area contributed by atoms with Gasteiger partial charge in [-0.15, -0.1) is 0 Å². The van der Waals surface area contributed by atoms with Gasteiger partial charge in [-0.05, 0) is 18.2 Å². The highest BCUT2D eigenvalue weighted by Crippen LogP contribution is 2.22. The predicted molar refractivity (Wildman–Crippen MR) is 66.2 cm³/mol. The van der Waals surface area contributed by atoms with Gasteiger partial charge in [0.25, 0.3) is 0 Å². The Balaban J connectivity index is 1.97. The fourth-order valence-corrected chi connectivity index (χ4v) is 1.88. The second-order valence-corrected chi connectivity index (χ2v) is 4.47. The minimum atomic E-state index is 0.0748. The molecule has 0 radical (unpaired) electrons. The summed E-state index contributed by atoms with van der Waals surface area (Å²) >= 11 is 5.91. The molecule has 1 fully saturated rings. The third kappa shape index (κ3) is 2.90. The van der Waals surface area contributed by atoms with Crippen molar-refractivity contribution in [3.63, 3.8) is 0 Å². The summed E-state index contributed by atoms with van der Waals surface area (Å²) in [5.41, 5.74) is 0.889. The van der Waals surface area contributed by atoms with Crippen LogP contribution in [0.15, 0.2) is 18.2 Å². The van der Waals surface area contributed by atoms with Crippen LogP contribution in [0, 0.1) is 5.92 Å². The minimum absolute atomic E-state index is 0.0748. The standard InChI is InChI=1S/C12H15ClN2O2/c1-17-11-3-2-10(13)4-8(11)7-15-12(16)9-5-14-6-9/h2-4,9,14H,5-7H2,1H3,(H,15,16). The fraction of sp³-hybridized carbons (Fsp3) is 0.417. The first-order chi connectivity index (χ1) is 8.20. The second-order valence-electron chi connectivity index (χ2n) is 4.03. The fourth-order valence-electron chi connectivity index (χ4n) is 1.69. The molecule has 92 valence electrons. The Morgan fingerprint density at radius 2 is 2.35 bits per heavy atom. The number of hydrogen-bond donors (Lipinski definition) is 2. The molecular formula is C12H15ClN2O2. The summed E-state index contributed by atoms with van der Waals surface area (Å²) in [5, 5.41) is 6.59. The van der Waals surface area contributed by atoms with E-state index in [4.69, 9.17) is 16.3 Å². The maximum atomic E-state index is 11.7. The number of benzene rings is 1. The van der Waals surface area contributed by atoms with E-state index in [1.165, 1.54) is 0 Å². The summed E-state index contributed by atoms with van der Waals surface area (Å²) in [6.45, 7) is 1.97. The maximum Gasteiger partial charge on any atom is 0.225 e. The molecule has 1 aromatic carbocycles. The van der Waals surface area contributed by atoms with Gasteiger partial charge < -0.3 is 15.4 Å². The minimum Gasteiger partial charge on any atom is -0.496 e. The average Bonchev–Trinajstić information content (AvgIpc) is 2.24. The number of rotatable bonds is 4. The average molecular weight is 255 g/mol. The van der Waals surface area contributed by atoms with Crippen molar-refractivity contribution in [2.45, 2.75) is 6.54 Å². The van der Waals surface area contributed by atoms with E-state index in [1.54, 1.807) is 25.3 Å². The van der Waals surface area contributed by atoms with Crippen LogP contribution in [0.5, 0.6) is 5.75 Å². The number of methoxy groups -OCH3 is 1. The van der Waals surface area contributed by atoms with Crippen molar-refractivity contribution in [2.24, 2.45) is 5.92 Å². The quantitative estimate of drug-likeness (QED) is 0.849. The molecule has 1 saturated heterocycles. The van der Waals surface area contributed by atoms with E-state index >= 15 is 0 Å². The molecule has 5 heteroatoms. The summed E-state index contributed by atoms with van der Waals surface area (Å²) in [4.78, 5) is 11.7. The molecule has 0 aliphatic carbocycles. The van der Waals surface area contributed by atoms with Crippen molar-refractivity contribution < 1.29 is 9.53 Å². The molecule has 1 amide bonds. The third-order valence-corrected chi connectivity index (χ3v) is 3.08. The summed E-state index contributed by atoms with van der Waals surface area (Å²) < 4.78 is 5.21. The van der Waals surface area contributed by atoms with Crippen molar-refractivity contribution in [1.29, 1.82) is 0 Å². The Hall–Kier alpha value is -1.26. The number of halogens is 1. The topological polar surface area (TPSA) is 50.4 Å². The number of nitrogens with one attached hydrogen (secondary N) is 2. The van der Waals surface area contributed by atoms with Crippen LogP contribution in [0.3, 0.4) is 0 Å². The zero-order valence-corrected chi connectivity index (χ0v) is 10.4. The molecule has 1 aliphatic heterocycles. The Bertz CT molecular complexity index is 419. The third-order valence-electron chi connectivity index (χ3n) is 2.85. The molecule has 0 unspecified atom stereocenters. The number of carbonyl (C=O) groups is 1. The summed E-state index contributed by atoms with van der Waals surface area (Å²) in [6, 6.07) is 5.37. The normalized spacial score (nSPS) is 15.2. The SMILES string of the molecule is COc1ccc(Cl)cc1CNC(=O)C1CNC1. The van der Waals surface area contributed by atoms with Crippen LogP contribution in [0.2, 0.25) is 5.02 Å². The zero-order chi connectivity index (χ0) is 12.3. The van der Waals surface area contributed by atoms with Gasteiger partial charge in [-0.2, -0.15) is 0 Å². The number of amides is 1. The molecule has 0 bridgehead atoms. The molecule has 2 rings (SSSR count). The van der Waals surface area contributed by atoms with Crippen LogP contribution < -0.4 is 15.4 Å². The van der Waals surface area contributed by atoms with Gasteiger partial charge in [0.2, 0.25) is 5.91 Å². The highest BCUT2D eigenvalue weighted by Gasteiger charge is 2.24. The van der Waals surface area contributed by atoms with Gasteiger partial charge >= 0.3 is 0 Å². The van der Waals surface area contributed by atoms with Crippen LogP contribution in [0.1, 0.15) is 5.56 Å². The summed E-state index contributed by atoms with van der Waals surface area (Å²) in [6.07, 6.45) is 0. The first-order valence-corrected chi connectivity index (χ1v) is 5.89. The van der Waals surface area contributed by atoms with Crippen molar-refractivity contribution in [1.82, 2.24) is 10.6 Å². The van der Waals surface area contributed by atoms with Gasteiger partial charge in [0.1, 0.15) is 5.75 Å². The molecule has 2 N–H and O–H groups in total.